The van der Waals surface area contributed by atoms with Crippen molar-refractivity contribution in [2.24, 2.45) is 0 Å². The molecule has 0 fully saturated rings. The molecule has 0 bridgehead atoms. The summed E-state index contributed by atoms with van der Waals surface area (Å²) in [6.45, 7) is 6.37. The lowest BCUT2D eigenvalue weighted by atomic mass is 9.87. The fraction of sp³-hybridized carbons (Fsp3) is 0.143. The number of carbonyl (C=O) groups excluding carboxylic acids is 2. The maximum Gasteiger partial charge on any atom is 0.291 e. The van der Waals surface area contributed by atoms with Crippen molar-refractivity contribution >= 4 is 46.4 Å². The number of nitrogens with one attached hydrogen (secondary N) is 2. The monoisotopic (exact) mass is 506 g/mol. The van der Waals surface area contributed by atoms with Gasteiger partial charge in [-0.15, -0.1) is 0 Å². The second kappa shape index (κ2) is 9.98. The molecule has 0 saturated carbocycles. The van der Waals surface area contributed by atoms with Gasteiger partial charge < -0.3 is 15.1 Å². The van der Waals surface area contributed by atoms with E-state index in [4.69, 9.17) is 27.6 Å². The molecule has 1 aromatic heterocycles. The van der Waals surface area contributed by atoms with Crippen LogP contribution in [0.15, 0.2) is 83.3 Å². The zero-order chi connectivity index (χ0) is 25.2. The molecule has 5 nitrogen and oxygen atoms in total. The van der Waals surface area contributed by atoms with Crippen molar-refractivity contribution in [1.29, 1.82) is 0 Å². The topological polar surface area (TPSA) is 71.3 Å². The fourth-order valence-corrected chi connectivity index (χ4v) is 3.99. The molecule has 0 unspecified atom stereocenters. The normalized spacial score (nSPS) is 11.2. The van der Waals surface area contributed by atoms with Crippen molar-refractivity contribution < 1.29 is 14.0 Å². The average molecular weight is 507 g/mol. The number of carbonyl (C=O) groups is 2. The fourth-order valence-electron chi connectivity index (χ4n) is 3.49. The number of hydrogen-bond donors (Lipinski definition) is 2. The van der Waals surface area contributed by atoms with Crippen LogP contribution in [0.3, 0.4) is 0 Å². The first kappa shape index (κ1) is 24.6. The summed E-state index contributed by atoms with van der Waals surface area (Å²) in [6, 6.07) is 22.7. The Bertz CT molecular complexity index is 1390. The number of hydrogen-bond acceptors (Lipinski definition) is 3. The predicted molar refractivity (Wildman–Crippen MR) is 142 cm³/mol. The van der Waals surface area contributed by atoms with E-state index in [0.29, 0.717) is 38.3 Å². The Labute approximate surface area is 214 Å². The van der Waals surface area contributed by atoms with Gasteiger partial charge in [-0.1, -0.05) is 62.2 Å². The first-order chi connectivity index (χ1) is 16.6. The molecule has 7 heteroatoms. The highest BCUT2D eigenvalue weighted by Gasteiger charge is 2.16. The smallest absolute Gasteiger partial charge is 0.291 e. The lowest BCUT2D eigenvalue weighted by molar-refractivity contribution is 0.0995. The van der Waals surface area contributed by atoms with Gasteiger partial charge in [0.05, 0.1) is 5.02 Å². The molecule has 2 N–H and O–H groups in total. The third-order valence-corrected chi connectivity index (χ3v) is 5.97. The van der Waals surface area contributed by atoms with Crippen LogP contribution in [0.5, 0.6) is 0 Å². The van der Waals surface area contributed by atoms with E-state index in [2.05, 4.69) is 31.4 Å². The van der Waals surface area contributed by atoms with Crippen LogP contribution in [0.1, 0.15) is 47.2 Å². The first-order valence-electron chi connectivity index (χ1n) is 11.0. The minimum absolute atomic E-state index is 0.0113. The highest BCUT2D eigenvalue weighted by Crippen LogP contribution is 2.32. The summed E-state index contributed by atoms with van der Waals surface area (Å²) in [7, 11) is 0. The molecule has 4 rings (SSSR count). The van der Waals surface area contributed by atoms with Crippen LogP contribution in [-0.4, -0.2) is 11.8 Å². The van der Waals surface area contributed by atoms with E-state index in [1.165, 1.54) is 0 Å². The Kier molecular flexibility index (Phi) is 7.01. The van der Waals surface area contributed by atoms with E-state index < -0.39 is 5.91 Å². The Balaban J connectivity index is 1.43. The van der Waals surface area contributed by atoms with Crippen LogP contribution in [0, 0.1) is 0 Å². The van der Waals surface area contributed by atoms with E-state index in [1.807, 2.05) is 24.3 Å². The van der Waals surface area contributed by atoms with Crippen molar-refractivity contribution in [3.05, 3.63) is 106 Å². The van der Waals surface area contributed by atoms with Gasteiger partial charge in [0.25, 0.3) is 11.8 Å². The predicted octanol–water partition coefficient (Wildman–Crippen LogP) is 8.06. The Morgan fingerprint density at radius 1 is 0.771 bits per heavy atom. The van der Waals surface area contributed by atoms with Gasteiger partial charge in [0.1, 0.15) is 5.76 Å². The third-order valence-electron chi connectivity index (χ3n) is 5.42. The van der Waals surface area contributed by atoms with Crippen molar-refractivity contribution in [3.8, 4) is 11.3 Å². The minimum atomic E-state index is -0.428. The highest BCUT2D eigenvalue weighted by molar-refractivity contribution is 6.36. The lowest BCUT2D eigenvalue weighted by Gasteiger charge is -2.19. The standard InChI is InChI=1S/C28H24Cl2N2O3/c1-28(2,3)18-9-7-17(8-10-18)26(33)31-20-5-4-6-21(16-20)32-27(34)25-14-13-24(35-25)22-12-11-19(29)15-23(22)30/h4-16H,1-3H3,(H,31,33)(H,32,34). The van der Waals surface area contributed by atoms with E-state index in [1.54, 1.807) is 54.6 Å². The molecule has 0 atom stereocenters. The van der Waals surface area contributed by atoms with E-state index >= 15 is 0 Å². The second-order valence-electron chi connectivity index (χ2n) is 9.10. The molecule has 1 heterocycles. The molecule has 35 heavy (non-hydrogen) atoms. The maximum absolute atomic E-state index is 12.7. The highest BCUT2D eigenvalue weighted by atomic mass is 35.5. The lowest BCUT2D eigenvalue weighted by Crippen LogP contribution is -2.15. The van der Waals surface area contributed by atoms with Gasteiger partial charge >= 0.3 is 0 Å². The molecular weight excluding hydrogens is 483 g/mol. The number of furan rings is 1. The van der Waals surface area contributed by atoms with Crippen molar-refractivity contribution in [3.63, 3.8) is 0 Å². The van der Waals surface area contributed by atoms with E-state index in [9.17, 15) is 9.59 Å². The molecule has 0 aliphatic carbocycles. The van der Waals surface area contributed by atoms with Crippen molar-refractivity contribution in [2.75, 3.05) is 10.6 Å². The summed E-state index contributed by atoms with van der Waals surface area (Å²) in [6.07, 6.45) is 0. The Morgan fingerprint density at radius 2 is 1.43 bits per heavy atom. The van der Waals surface area contributed by atoms with Gasteiger partial charge in [-0.05, 0) is 71.6 Å². The van der Waals surface area contributed by atoms with Crippen LogP contribution in [0.25, 0.3) is 11.3 Å². The molecule has 3 aromatic carbocycles. The molecule has 0 aliphatic heterocycles. The van der Waals surface area contributed by atoms with Crippen molar-refractivity contribution in [2.45, 2.75) is 26.2 Å². The van der Waals surface area contributed by atoms with Gasteiger partial charge in [0.2, 0.25) is 0 Å². The SMILES string of the molecule is CC(C)(C)c1ccc(C(=O)Nc2cccc(NC(=O)c3ccc(-c4ccc(Cl)cc4Cl)o3)c2)cc1. The summed E-state index contributed by atoms with van der Waals surface area (Å²) < 4.78 is 5.70. The molecule has 2 amide bonds. The van der Waals surface area contributed by atoms with Crippen LogP contribution in [0.4, 0.5) is 11.4 Å². The van der Waals surface area contributed by atoms with Gasteiger partial charge in [-0.2, -0.15) is 0 Å². The molecule has 0 spiro atoms. The summed E-state index contributed by atoms with van der Waals surface area (Å²) in [5.74, 6) is -0.0817. The average Bonchev–Trinajstić information content (AvgIpc) is 3.29. The van der Waals surface area contributed by atoms with Crippen LogP contribution < -0.4 is 10.6 Å². The van der Waals surface area contributed by atoms with Gasteiger partial charge in [0.15, 0.2) is 5.76 Å². The number of anilines is 2. The Hall–Kier alpha value is -3.54. The Morgan fingerprint density at radius 3 is 2.06 bits per heavy atom. The van der Waals surface area contributed by atoms with Gasteiger partial charge in [-0.3, -0.25) is 9.59 Å². The first-order valence-corrected chi connectivity index (χ1v) is 11.7. The number of halogens is 2. The van der Waals surface area contributed by atoms with Crippen LogP contribution in [-0.2, 0) is 5.41 Å². The van der Waals surface area contributed by atoms with Crippen LogP contribution in [0.2, 0.25) is 10.0 Å². The molecule has 4 aromatic rings. The minimum Gasteiger partial charge on any atom is -0.451 e. The number of benzene rings is 3. The molecule has 0 aliphatic rings. The molecule has 0 radical (unpaired) electrons. The zero-order valence-electron chi connectivity index (χ0n) is 19.5. The summed E-state index contributed by atoms with van der Waals surface area (Å²) in [4.78, 5) is 25.4. The van der Waals surface area contributed by atoms with Crippen LogP contribution >= 0.6 is 23.2 Å². The third kappa shape index (κ3) is 5.94. The van der Waals surface area contributed by atoms with E-state index in [0.717, 1.165) is 5.56 Å². The second-order valence-corrected chi connectivity index (χ2v) is 9.95. The summed E-state index contributed by atoms with van der Waals surface area (Å²) >= 11 is 12.2. The molecule has 178 valence electrons. The summed E-state index contributed by atoms with van der Waals surface area (Å²) in [5, 5.41) is 6.59. The van der Waals surface area contributed by atoms with Gasteiger partial charge in [0, 0.05) is 27.5 Å². The van der Waals surface area contributed by atoms with Crippen molar-refractivity contribution in [1.82, 2.24) is 0 Å². The maximum atomic E-state index is 12.7. The molecule has 0 saturated heterocycles. The van der Waals surface area contributed by atoms with Gasteiger partial charge in [-0.25, -0.2) is 0 Å². The quantitative estimate of drug-likeness (QED) is 0.287. The zero-order valence-corrected chi connectivity index (χ0v) is 21.0. The largest absolute Gasteiger partial charge is 0.451 e. The van der Waals surface area contributed by atoms with E-state index in [-0.39, 0.29) is 17.1 Å². The number of amides is 2. The number of rotatable bonds is 5. The summed E-state index contributed by atoms with van der Waals surface area (Å²) in [5.41, 5.74) is 3.42. The molecular formula is C28H24Cl2N2O3.